The Labute approximate surface area is 286 Å². The highest BCUT2D eigenvalue weighted by molar-refractivity contribution is 6.08. The number of para-hydroxylation sites is 1. The molecule has 0 N–H and O–H groups in total. The van der Waals surface area contributed by atoms with Crippen molar-refractivity contribution in [2.45, 2.75) is 65.1 Å². The summed E-state index contributed by atoms with van der Waals surface area (Å²) in [5, 5.41) is 1.26. The highest BCUT2D eigenvalue weighted by atomic mass is 16.5. The van der Waals surface area contributed by atoms with Crippen molar-refractivity contribution in [1.29, 1.82) is 0 Å². The number of benzene rings is 4. The number of aryl methyl sites for hydroxylation is 1. The molecule has 2 aliphatic carbocycles. The van der Waals surface area contributed by atoms with Crippen LogP contribution in [0, 0.1) is 6.92 Å². The van der Waals surface area contributed by atoms with E-state index in [9.17, 15) is 0 Å². The van der Waals surface area contributed by atoms with Crippen molar-refractivity contribution in [3.05, 3.63) is 161 Å². The lowest BCUT2D eigenvalue weighted by Gasteiger charge is -2.22. The van der Waals surface area contributed by atoms with Gasteiger partial charge in [-0.2, -0.15) is 0 Å². The maximum Gasteiger partial charge on any atom is 0.200 e. The van der Waals surface area contributed by atoms with Gasteiger partial charge in [-0.25, -0.2) is 4.58 Å². The summed E-state index contributed by atoms with van der Waals surface area (Å²) in [4.78, 5) is 0. The third kappa shape index (κ3) is 6.79. The molecule has 0 radical (unpaired) electrons. The van der Waals surface area contributed by atoms with Crippen LogP contribution in [0.1, 0.15) is 61.3 Å². The molecule has 0 bridgehead atoms. The molecule has 1 aromatic heterocycles. The maximum atomic E-state index is 5.93. The summed E-state index contributed by atoms with van der Waals surface area (Å²) >= 11 is 0. The van der Waals surface area contributed by atoms with E-state index in [1.165, 1.54) is 93.4 Å². The molecule has 0 atom stereocenters. The summed E-state index contributed by atoms with van der Waals surface area (Å²) in [6, 6.07) is 40.4. The highest BCUT2D eigenvalue weighted by Crippen LogP contribution is 2.43. The van der Waals surface area contributed by atoms with Gasteiger partial charge in [0.15, 0.2) is 18.3 Å². The van der Waals surface area contributed by atoms with Crippen LogP contribution in [0.5, 0.6) is 0 Å². The first-order chi connectivity index (χ1) is 23.7. The van der Waals surface area contributed by atoms with E-state index in [1.807, 2.05) is 0 Å². The molecule has 242 valence electrons. The quantitative estimate of drug-likeness (QED) is 0.111. The summed E-state index contributed by atoms with van der Waals surface area (Å²) in [5.41, 5.74) is 12.6. The molecule has 48 heavy (non-hydrogen) atoms. The van der Waals surface area contributed by atoms with Crippen molar-refractivity contribution in [3.8, 4) is 11.3 Å². The van der Waals surface area contributed by atoms with Crippen molar-refractivity contribution in [2.24, 2.45) is 0 Å². The van der Waals surface area contributed by atoms with Crippen molar-refractivity contribution >= 4 is 22.2 Å². The number of fused-ring (bicyclic) bond motifs is 1. The summed E-state index contributed by atoms with van der Waals surface area (Å²) in [7, 11) is 0. The Bertz CT molecular complexity index is 1950. The van der Waals surface area contributed by atoms with E-state index in [4.69, 9.17) is 4.74 Å². The van der Waals surface area contributed by atoms with Gasteiger partial charge in [-0.15, -0.1) is 0 Å². The molecule has 0 saturated heterocycles. The number of aromatic nitrogens is 1. The Kier molecular flexibility index (Phi) is 9.96. The van der Waals surface area contributed by atoms with Crippen LogP contribution in [0.3, 0.4) is 0 Å². The van der Waals surface area contributed by atoms with Crippen LogP contribution < -0.4 is 0 Å². The molecule has 0 amide bonds. The number of hydrogen-bond acceptors (Lipinski definition) is 1. The molecule has 0 spiro atoms. The van der Waals surface area contributed by atoms with Crippen LogP contribution in [0.2, 0.25) is 0 Å². The lowest BCUT2D eigenvalue weighted by molar-refractivity contribution is -0.583. The average Bonchev–Trinajstić information content (AvgIpc) is 3.47. The zero-order valence-electron chi connectivity index (χ0n) is 28.4. The molecule has 3 heteroatoms. The van der Waals surface area contributed by atoms with Crippen molar-refractivity contribution in [2.75, 3.05) is 13.2 Å². The van der Waals surface area contributed by atoms with E-state index < -0.39 is 0 Å². The molecule has 1 fully saturated rings. The zero-order valence-corrected chi connectivity index (χ0v) is 28.4. The molecule has 1 heterocycles. The van der Waals surface area contributed by atoms with Crippen LogP contribution >= 0.6 is 0 Å². The molecule has 0 unspecified atom stereocenters. The number of nitrogens with zero attached hydrogens (tertiary/aromatic N) is 2. The summed E-state index contributed by atoms with van der Waals surface area (Å²) in [6.07, 6.45) is 16.0. The first-order valence-electron chi connectivity index (χ1n) is 17.8. The van der Waals surface area contributed by atoms with E-state index in [-0.39, 0.29) is 0 Å². The summed E-state index contributed by atoms with van der Waals surface area (Å²) in [5.74, 6) is 0. The van der Waals surface area contributed by atoms with Gasteiger partial charge in [-0.3, -0.25) is 0 Å². The Morgan fingerprint density at radius 3 is 2.12 bits per heavy atom. The van der Waals surface area contributed by atoms with E-state index >= 15 is 0 Å². The molecular weight excluding hydrogens is 585 g/mol. The Morgan fingerprint density at radius 1 is 0.750 bits per heavy atom. The van der Waals surface area contributed by atoms with Gasteiger partial charge in [-0.05, 0) is 67.2 Å². The Morgan fingerprint density at radius 2 is 1.42 bits per heavy atom. The monoisotopic (exact) mass is 631 g/mol. The van der Waals surface area contributed by atoms with Crippen LogP contribution in [0.25, 0.3) is 27.7 Å². The van der Waals surface area contributed by atoms with Gasteiger partial charge in [0.05, 0.1) is 12.3 Å². The van der Waals surface area contributed by atoms with Gasteiger partial charge in [0, 0.05) is 60.2 Å². The number of hydrogen-bond donors (Lipinski definition) is 0. The fourth-order valence-corrected chi connectivity index (χ4v) is 7.58. The average molecular weight is 632 g/mol. The van der Waals surface area contributed by atoms with Crippen molar-refractivity contribution in [1.82, 2.24) is 4.57 Å². The Balaban J connectivity index is 1.44. The van der Waals surface area contributed by atoms with Crippen LogP contribution in [-0.2, 0) is 17.8 Å². The number of ether oxygens (including phenoxy) is 1. The Hall–Kier alpha value is -4.73. The molecule has 4 aromatic carbocycles. The molecule has 1 saturated carbocycles. The third-order valence-electron chi connectivity index (χ3n) is 9.97. The van der Waals surface area contributed by atoms with Gasteiger partial charge in [0.1, 0.15) is 0 Å². The van der Waals surface area contributed by atoms with Gasteiger partial charge in [0.2, 0.25) is 0 Å². The molecule has 0 aliphatic heterocycles. The predicted octanol–water partition coefficient (Wildman–Crippen LogP) is 10.6. The van der Waals surface area contributed by atoms with Crippen LogP contribution in [-0.4, -0.2) is 34.1 Å². The SMILES string of the molecule is CCOCCn1c(-c2ccccc2)c(C(=C2C=CC(=[N+](Cc3ccccc3)C3CCCCC3)C=C2)c2ccc(C)cc2)c2ccccc21. The smallest absolute Gasteiger partial charge is 0.200 e. The predicted molar refractivity (Wildman–Crippen MR) is 202 cm³/mol. The van der Waals surface area contributed by atoms with E-state index in [0.717, 1.165) is 13.1 Å². The molecule has 3 nitrogen and oxygen atoms in total. The van der Waals surface area contributed by atoms with Gasteiger partial charge >= 0.3 is 0 Å². The lowest BCUT2D eigenvalue weighted by Crippen LogP contribution is -2.32. The minimum Gasteiger partial charge on any atom is -0.380 e. The van der Waals surface area contributed by atoms with Crippen molar-refractivity contribution in [3.63, 3.8) is 0 Å². The minimum absolute atomic E-state index is 0.568. The van der Waals surface area contributed by atoms with Gasteiger partial charge in [0.25, 0.3) is 0 Å². The fraction of sp³-hybridized carbons (Fsp3) is 0.267. The number of rotatable bonds is 10. The normalized spacial score (nSPS) is 15.0. The lowest BCUT2D eigenvalue weighted by atomic mass is 9.87. The molecular formula is C45H47N2O+. The third-order valence-corrected chi connectivity index (χ3v) is 9.97. The second kappa shape index (κ2) is 15.0. The standard InChI is InChI=1S/C45H47N2O/c1-3-48-32-31-46-42-22-14-13-21-41(42)44(45(46)38-17-9-5-10-18-38)43(36-25-23-34(2)24-26-36)37-27-29-40(30-28-37)47(39-19-11-6-12-20-39)33-35-15-7-4-8-16-35/h4-5,7-10,13-18,21-30,39H,3,6,11-12,19-20,31-33H2,1-2H3/q+1. The molecule has 2 aliphatic rings. The summed E-state index contributed by atoms with van der Waals surface area (Å²) in [6.45, 7) is 7.34. The molecule has 5 aromatic rings. The van der Waals surface area contributed by atoms with Crippen LogP contribution in [0.15, 0.2) is 139 Å². The van der Waals surface area contributed by atoms with Crippen molar-refractivity contribution < 1.29 is 9.31 Å². The first kappa shape index (κ1) is 31.8. The summed E-state index contributed by atoms with van der Waals surface area (Å²) < 4.78 is 11.1. The van der Waals surface area contributed by atoms with Crippen LogP contribution in [0.4, 0.5) is 0 Å². The fourth-order valence-electron chi connectivity index (χ4n) is 7.58. The van der Waals surface area contributed by atoms with E-state index in [2.05, 4.69) is 156 Å². The second-order valence-electron chi connectivity index (χ2n) is 13.1. The van der Waals surface area contributed by atoms with E-state index in [0.29, 0.717) is 19.3 Å². The topological polar surface area (TPSA) is 17.2 Å². The second-order valence-corrected chi connectivity index (χ2v) is 13.1. The molecule has 7 rings (SSSR count). The van der Waals surface area contributed by atoms with Gasteiger partial charge in [-0.1, -0.05) is 115 Å². The highest BCUT2D eigenvalue weighted by Gasteiger charge is 2.28. The minimum atomic E-state index is 0.568. The first-order valence-corrected chi connectivity index (χ1v) is 17.8. The largest absolute Gasteiger partial charge is 0.380 e. The van der Waals surface area contributed by atoms with E-state index in [1.54, 1.807) is 0 Å². The number of allylic oxidation sites excluding steroid dienone is 5. The van der Waals surface area contributed by atoms with Gasteiger partial charge < -0.3 is 9.30 Å². The zero-order chi connectivity index (χ0) is 32.7. The maximum absolute atomic E-state index is 5.93.